The van der Waals surface area contributed by atoms with Crippen molar-refractivity contribution in [2.45, 2.75) is 5.54 Å². The van der Waals surface area contributed by atoms with Gasteiger partial charge in [-0.05, 0) is 46.5 Å². The lowest BCUT2D eigenvalue weighted by atomic mass is 9.77. The average Bonchev–Trinajstić information content (AvgIpc) is 3.76. The molecular formula is C35H26N6. The first kappa shape index (κ1) is 24.4. The number of rotatable bonds is 7. The van der Waals surface area contributed by atoms with Crippen LogP contribution in [0.15, 0.2) is 159 Å². The summed E-state index contributed by atoms with van der Waals surface area (Å²) in [5, 5.41) is 5.37. The molecule has 4 aromatic heterocycles. The molecule has 6 nitrogen and oxygen atoms in total. The topological polar surface area (TPSA) is 61.4 Å². The first-order valence-electron chi connectivity index (χ1n) is 13.5. The predicted molar refractivity (Wildman–Crippen MR) is 160 cm³/mol. The highest BCUT2D eigenvalue weighted by molar-refractivity contribution is 5.79. The third-order valence-electron chi connectivity index (χ3n) is 7.37. The van der Waals surface area contributed by atoms with Crippen LogP contribution in [0.5, 0.6) is 0 Å². The third-order valence-corrected chi connectivity index (χ3v) is 7.37. The maximum atomic E-state index is 5.37. The maximum absolute atomic E-state index is 5.37. The molecule has 3 aromatic carbocycles. The Morgan fingerprint density at radius 1 is 0.585 bits per heavy atom. The van der Waals surface area contributed by atoms with Crippen LogP contribution >= 0.6 is 0 Å². The second-order valence-corrected chi connectivity index (χ2v) is 9.73. The second-order valence-electron chi connectivity index (χ2n) is 9.73. The molecule has 0 atom stereocenters. The van der Waals surface area contributed by atoms with Gasteiger partial charge >= 0.3 is 0 Å². The van der Waals surface area contributed by atoms with Crippen LogP contribution in [-0.4, -0.2) is 29.3 Å². The average molecular weight is 531 g/mol. The first-order chi connectivity index (χ1) is 20.3. The molecule has 0 amide bonds. The van der Waals surface area contributed by atoms with E-state index in [4.69, 9.17) is 10.1 Å². The lowest BCUT2D eigenvalue weighted by molar-refractivity contribution is 0.461. The van der Waals surface area contributed by atoms with Crippen molar-refractivity contribution in [2.75, 3.05) is 0 Å². The lowest BCUT2D eigenvalue weighted by Gasteiger charge is -2.36. The van der Waals surface area contributed by atoms with Gasteiger partial charge in [0.25, 0.3) is 0 Å². The molecule has 7 aromatic rings. The Hall–Kier alpha value is -5.62. The minimum Gasteiger partial charge on any atom is -0.291 e. The fraction of sp³-hybridized carbons (Fsp3) is 0.0286. The van der Waals surface area contributed by atoms with E-state index in [2.05, 4.69) is 99.7 Å². The van der Waals surface area contributed by atoms with Crippen LogP contribution in [0.3, 0.4) is 0 Å². The Balaban J connectivity index is 1.55. The highest BCUT2D eigenvalue weighted by Gasteiger charge is 2.40. The maximum Gasteiger partial charge on any atom is 0.138 e. The van der Waals surface area contributed by atoms with E-state index < -0.39 is 5.54 Å². The zero-order valence-corrected chi connectivity index (χ0v) is 22.2. The van der Waals surface area contributed by atoms with E-state index >= 15 is 0 Å². The van der Waals surface area contributed by atoms with Gasteiger partial charge in [-0.1, -0.05) is 97.1 Å². The van der Waals surface area contributed by atoms with E-state index in [-0.39, 0.29) is 0 Å². The molecule has 7 rings (SSSR count). The first-order valence-corrected chi connectivity index (χ1v) is 13.5. The highest BCUT2D eigenvalue weighted by Crippen LogP contribution is 2.43. The molecule has 196 valence electrons. The number of hydrogen-bond acceptors (Lipinski definition) is 4. The van der Waals surface area contributed by atoms with Crippen LogP contribution in [0.1, 0.15) is 16.7 Å². The van der Waals surface area contributed by atoms with Gasteiger partial charge in [0.1, 0.15) is 23.4 Å². The summed E-state index contributed by atoms with van der Waals surface area (Å²) in [6.45, 7) is 0. The van der Waals surface area contributed by atoms with Crippen LogP contribution in [0.25, 0.3) is 28.3 Å². The summed E-state index contributed by atoms with van der Waals surface area (Å²) in [5.74, 6) is 0.778. The predicted octanol–water partition coefficient (Wildman–Crippen LogP) is 7.03. The van der Waals surface area contributed by atoms with Crippen molar-refractivity contribution in [1.82, 2.24) is 29.3 Å². The zero-order valence-electron chi connectivity index (χ0n) is 22.2. The second kappa shape index (κ2) is 10.5. The molecule has 0 saturated heterocycles. The van der Waals surface area contributed by atoms with Crippen molar-refractivity contribution < 1.29 is 0 Å². The number of hydrogen-bond donors (Lipinski definition) is 0. The largest absolute Gasteiger partial charge is 0.291 e. The Morgan fingerprint density at radius 2 is 1.22 bits per heavy atom. The quantitative estimate of drug-likeness (QED) is 0.208. The molecular weight excluding hydrogens is 504 g/mol. The molecule has 0 spiro atoms. The summed E-state index contributed by atoms with van der Waals surface area (Å²) >= 11 is 0. The van der Waals surface area contributed by atoms with Gasteiger partial charge in [-0.3, -0.25) is 14.2 Å². The molecule has 0 N–H and O–H groups in total. The minimum atomic E-state index is -0.744. The van der Waals surface area contributed by atoms with Crippen LogP contribution in [-0.2, 0) is 5.54 Å². The van der Waals surface area contributed by atoms with Gasteiger partial charge in [0.15, 0.2) is 0 Å². The fourth-order valence-corrected chi connectivity index (χ4v) is 5.51. The minimum absolute atomic E-state index is 0.744. The van der Waals surface area contributed by atoms with E-state index in [0.29, 0.717) is 0 Å². The molecule has 4 heterocycles. The van der Waals surface area contributed by atoms with Gasteiger partial charge < -0.3 is 0 Å². The molecule has 0 unspecified atom stereocenters. The smallest absolute Gasteiger partial charge is 0.138 e. The van der Waals surface area contributed by atoms with E-state index in [0.717, 1.165) is 45.0 Å². The van der Waals surface area contributed by atoms with Crippen LogP contribution in [0.4, 0.5) is 0 Å². The molecule has 0 fully saturated rings. The van der Waals surface area contributed by atoms with Gasteiger partial charge in [-0.25, -0.2) is 9.97 Å². The Bertz CT molecular complexity index is 1770. The van der Waals surface area contributed by atoms with E-state index in [1.54, 1.807) is 18.7 Å². The summed E-state index contributed by atoms with van der Waals surface area (Å²) in [5.41, 5.74) is 6.10. The van der Waals surface area contributed by atoms with Crippen molar-refractivity contribution in [2.24, 2.45) is 0 Å². The Kier molecular flexibility index (Phi) is 6.26. The van der Waals surface area contributed by atoms with Crippen LogP contribution in [0.2, 0.25) is 0 Å². The lowest BCUT2D eigenvalue weighted by Crippen LogP contribution is -2.38. The van der Waals surface area contributed by atoms with Crippen LogP contribution in [0, 0.1) is 0 Å². The standard InChI is InChI=1S/C35H26N6/c1-4-12-28(13-5-1)35(29-14-6-2-7-15-29,30-16-8-3-9-17-30)41-25-31(34(39-41)32-18-10-11-20-37-32)27-19-21-38-33(24-27)40-23-22-36-26-40/h1-26H. The monoisotopic (exact) mass is 530 g/mol. The molecule has 0 radical (unpaired) electrons. The summed E-state index contributed by atoms with van der Waals surface area (Å²) < 4.78 is 4.00. The zero-order chi connectivity index (χ0) is 27.5. The van der Waals surface area contributed by atoms with Crippen molar-refractivity contribution in [3.63, 3.8) is 0 Å². The van der Waals surface area contributed by atoms with Gasteiger partial charge in [0.05, 0.1) is 5.69 Å². The Morgan fingerprint density at radius 3 is 1.78 bits per heavy atom. The van der Waals surface area contributed by atoms with Gasteiger partial charge in [-0.15, -0.1) is 0 Å². The number of pyridine rings is 2. The molecule has 6 heteroatoms. The SMILES string of the molecule is c1ccc(C(c2ccccc2)(c2ccccc2)n2cc(-c3ccnc(-n4ccnc4)c3)c(-c3ccccn3)n2)cc1. The number of nitrogens with zero attached hydrogens (tertiary/aromatic N) is 6. The third kappa shape index (κ3) is 4.32. The van der Waals surface area contributed by atoms with Gasteiger partial charge in [0, 0.05) is 36.5 Å². The fourth-order valence-electron chi connectivity index (χ4n) is 5.51. The van der Waals surface area contributed by atoms with E-state index in [1.165, 1.54) is 0 Å². The van der Waals surface area contributed by atoms with Crippen molar-refractivity contribution in [3.8, 4) is 28.3 Å². The number of imidazole rings is 1. The molecule has 0 aliphatic heterocycles. The van der Waals surface area contributed by atoms with Gasteiger partial charge in [-0.2, -0.15) is 5.10 Å². The Labute approximate surface area is 238 Å². The van der Waals surface area contributed by atoms with E-state index in [9.17, 15) is 0 Å². The van der Waals surface area contributed by atoms with Crippen molar-refractivity contribution >= 4 is 0 Å². The molecule has 41 heavy (non-hydrogen) atoms. The summed E-state index contributed by atoms with van der Waals surface area (Å²) in [4.78, 5) is 13.5. The number of benzene rings is 3. The molecule has 0 saturated carbocycles. The van der Waals surface area contributed by atoms with Crippen molar-refractivity contribution in [3.05, 3.63) is 175 Å². The van der Waals surface area contributed by atoms with Crippen molar-refractivity contribution in [1.29, 1.82) is 0 Å². The summed E-state index contributed by atoms with van der Waals surface area (Å²) in [6.07, 6.45) is 11.2. The summed E-state index contributed by atoms with van der Waals surface area (Å²) in [6, 6.07) is 41.7. The summed E-state index contributed by atoms with van der Waals surface area (Å²) in [7, 11) is 0. The number of aromatic nitrogens is 6. The molecule has 0 aliphatic rings. The normalized spacial score (nSPS) is 11.4. The highest BCUT2D eigenvalue weighted by atomic mass is 15.3. The van der Waals surface area contributed by atoms with Gasteiger partial charge in [0.2, 0.25) is 0 Å². The molecule has 0 bridgehead atoms. The van der Waals surface area contributed by atoms with E-state index in [1.807, 2.05) is 59.4 Å². The van der Waals surface area contributed by atoms with Crippen LogP contribution < -0.4 is 0 Å². The molecule has 0 aliphatic carbocycles.